The van der Waals surface area contributed by atoms with Crippen LogP contribution in [0.2, 0.25) is 0 Å². The Balaban J connectivity index is 2.82. The van der Waals surface area contributed by atoms with Crippen LogP contribution in [0.1, 0.15) is 33.5 Å². The van der Waals surface area contributed by atoms with Gasteiger partial charge in [0.05, 0.1) is 11.3 Å². The van der Waals surface area contributed by atoms with Crippen molar-refractivity contribution in [1.29, 1.82) is 0 Å². The van der Waals surface area contributed by atoms with Crippen molar-refractivity contribution in [3.8, 4) is 11.3 Å². The first-order valence-electron chi connectivity index (χ1n) is 7.14. The number of hydrogen-bond donors (Lipinski definition) is 1. The Labute approximate surface area is 133 Å². The maximum Gasteiger partial charge on any atom is 0.418 e. The maximum atomic E-state index is 13.5. The number of halogens is 3. The SMILES string of the molecule is C=C(N)c1cc(C)c(-c2nc(C)cc(C)c2C(F)(F)F)cc1C. The first kappa shape index (κ1) is 17.1. The van der Waals surface area contributed by atoms with E-state index >= 15 is 0 Å². The van der Waals surface area contributed by atoms with Gasteiger partial charge in [0.25, 0.3) is 0 Å². The second-order valence-corrected chi connectivity index (χ2v) is 5.81. The summed E-state index contributed by atoms with van der Waals surface area (Å²) in [6, 6.07) is 4.90. The van der Waals surface area contributed by atoms with E-state index in [1.165, 1.54) is 13.0 Å². The minimum absolute atomic E-state index is 0.0372. The molecule has 0 radical (unpaired) electrons. The first-order valence-corrected chi connectivity index (χ1v) is 7.14. The Morgan fingerprint density at radius 2 is 1.61 bits per heavy atom. The third kappa shape index (κ3) is 3.23. The lowest BCUT2D eigenvalue weighted by atomic mass is 9.93. The molecule has 0 fully saturated rings. The largest absolute Gasteiger partial charge is 0.418 e. The summed E-state index contributed by atoms with van der Waals surface area (Å²) in [5.74, 6) is 0. The minimum Gasteiger partial charge on any atom is -0.399 e. The molecule has 0 saturated heterocycles. The van der Waals surface area contributed by atoms with Crippen LogP contribution in [0.4, 0.5) is 13.2 Å². The fourth-order valence-electron chi connectivity index (χ4n) is 2.81. The molecular formula is C18H19F3N2. The number of aryl methyl sites for hydroxylation is 4. The molecule has 0 unspecified atom stereocenters. The summed E-state index contributed by atoms with van der Waals surface area (Å²) in [5, 5.41) is 0. The van der Waals surface area contributed by atoms with Crippen molar-refractivity contribution in [3.63, 3.8) is 0 Å². The zero-order chi connectivity index (χ0) is 17.5. The molecule has 2 nitrogen and oxygen atoms in total. The van der Waals surface area contributed by atoms with Gasteiger partial charge < -0.3 is 5.73 Å². The van der Waals surface area contributed by atoms with E-state index in [4.69, 9.17) is 5.73 Å². The van der Waals surface area contributed by atoms with Gasteiger partial charge >= 0.3 is 6.18 Å². The van der Waals surface area contributed by atoms with Crippen LogP contribution in [0.5, 0.6) is 0 Å². The van der Waals surface area contributed by atoms with Crippen molar-refractivity contribution in [1.82, 2.24) is 4.98 Å². The van der Waals surface area contributed by atoms with Gasteiger partial charge in [0.15, 0.2) is 0 Å². The molecule has 0 amide bonds. The van der Waals surface area contributed by atoms with Crippen molar-refractivity contribution in [3.05, 3.63) is 58.3 Å². The summed E-state index contributed by atoms with van der Waals surface area (Å²) < 4.78 is 40.5. The molecule has 0 aliphatic heterocycles. The second-order valence-electron chi connectivity index (χ2n) is 5.81. The highest BCUT2D eigenvalue weighted by atomic mass is 19.4. The quantitative estimate of drug-likeness (QED) is 0.852. The Kier molecular flexibility index (Phi) is 4.24. The second kappa shape index (κ2) is 5.72. The summed E-state index contributed by atoms with van der Waals surface area (Å²) in [4.78, 5) is 4.17. The van der Waals surface area contributed by atoms with Gasteiger partial charge in [0, 0.05) is 17.0 Å². The number of benzene rings is 1. The van der Waals surface area contributed by atoms with Crippen LogP contribution in [0.15, 0.2) is 24.8 Å². The summed E-state index contributed by atoms with van der Waals surface area (Å²) in [5.41, 5.74) is 8.77. The number of nitrogens with two attached hydrogens (primary N) is 1. The lowest BCUT2D eigenvalue weighted by Gasteiger charge is -2.18. The van der Waals surface area contributed by atoms with Crippen molar-refractivity contribution >= 4 is 5.70 Å². The molecule has 0 atom stereocenters. The van der Waals surface area contributed by atoms with E-state index in [2.05, 4.69) is 11.6 Å². The van der Waals surface area contributed by atoms with E-state index in [1.54, 1.807) is 32.9 Å². The van der Waals surface area contributed by atoms with Crippen molar-refractivity contribution in [2.45, 2.75) is 33.9 Å². The van der Waals surface area contributed by atoms with Gasteiger partial charge in [0.2, 0.25) is 0 Å². The number of aromatic nitrogens is 1. The van der Waals surface area contributed by atoms with Gasteiger partial charge in [-0.2, -0.15) is 13.2 Å². The molecule has 0 aliphatic rings. The molecule has 1 aromatic carbocycles. The van der Waals surface area contributed by atoms with Gasteiger partial charge in [-0.3, -0.25) is 4.98 Å². The van der Waals surface area contributed by atoms with Crippen LogP contribution in [-0.4, -0.2) is 4.98 Å². The summed E-state index contributed by atoms with van der Waals surface area (Å²) in [6.45, 7) is 10.4. The van der Waals surface area contributed by atoms with Gasteiger partial charge in [-0.05, 0) is 68.1 Å². The molecule has 23 heavy (non-hydrogen) atoms. The highest BCUT2D eigenvalue weighted by Crippen LogP contribution is 2.40. The summed E-state index contributed by atoms with van der Waals surface area (Å²) >= 11 is 0. The highest BCUT2D eigenvalue weighted by molar-refractivity contribution is 5.74. The number of nitrogens with zero attached hydrogens (tertiary/aromatic N) is 1. The van der Waals surface area contributed by atoms with Crippen molar-refractivity contribution in [2.75, 3.05) is 0 Å². The van der Waals surface area contributed by atoms with Crippen LogP contribution >= 0.6 is 0 Å². The average Bonchev–Trinajstić information content (AvgIpc) is 2.37. The summed E-state index contributed by atoms with van der Waals surface area (Å²) in [7, 11) is 0. The Bertz CT molecular complexity index is 790. The van der Waals surface area contributed by atoms with Crippen LogP contribution in [0, 0.1) is 27.7 Å². The third-order valence-electron chi connectivity index (χ3n) is 3.80. The zero-order valence-electron chi connectivity index (χ0n) is 13.6. The first-order chi connectivity index (χ1) is 10.5. The Morgan fingerprint density at radius 3 is 2.13 bits per heavy atom. The maximum absolute atomic E-state index is 13.5. The van der Waals surface area contributed by atoms with Crippen LogP contribution in [0.3, 0.4) is 0 Å². The molecule has 2 rings (SSSR count). The number of alkyl halides is 3. The van der Waals surface area contributed by atoms with E-state index in [0.29, 0.717) is 22.5 Å². The fraction of sp³-hybridized carbons (Fsp3) is 0.278. The Hall–Kier alpha value is -2.30. The predicted molar refractivity (Wildman–Crippen MR) is 86.8 cm³/mol. The standard InChI is InChI=1S/C18H19F3N2/c1-9-8-15(10(2)7-14(9)13(5)22)17-16(18(19,20)21)11(3)6-12(4)23-17/h6-8H,5,22H2,1-4H3. The van der Waals surface area contributed by atoms with E-state index in [1.807, 2.05) is 0 Å². The molecule has 0 spiro atoms. The minimum atomic E-state index is -4.46. The number of rotatable bonds is 2. The highest BCUT2D eigenvalue weighted by Gasteiger charge is 2.37. The van der Waals surface area contributed by atoms with Gasteiger partial charge in [-0.1, -0.05) is 6.58 Å². The third-order valence-corrected chi connectivity index (χ3v) is 3.80. The fourth-order valence-corrected chi connectivity index (χ4v) is 2.81. The smallest absolute Gasteiger partial charge is 0.399 e. The molecule has 1 aromatic heterocycles. The lowest BCUT2D eigenvalue weighted by molar-refractivity contribution is -0.137. The van der Waals surface area contributed by atoms with E-state index < -0.39 is 11.7 Å². The van der Waals surface area contributed by atoms with Crippen LogP contribution < -0.4 is 5.73 Å². The normalized spacial score (nSPS) is 11.6. The van der Waals surface area contributed by atoms with Gasteiger partial charge in [-0.15, -0.1) is 0 Å². The molecular weight excluding hydrogens is 301 g/mol. The predicted octanol–water partition coefficient (Wildman–Crippen LogP) is 4.93. The molecule has 122 valence electrons. The average molecular weight is 320 g/mol. The molecule has 0 aliphatic carbocycles. The molecule has 5 heteroatoms. The lowest BCUT2D eigenvalue weighted by Crippen LogP contribution is -2.12. The molecule has 0 saturated carbocycles. The molecule has 1 heterocycles. The van der Waals surface area contributed by atoms with Crippen LogP contribution in [-0.2, 0) is 6.18 Å². The molecule has 0 bridgehead atoms. The van der Waals surface area contributed by atoms with Crippen molar-refractivity contribution < 1.29 is 13.2 Å². The van der Waals surface area contributed by atoms with E-state index in [0.717, 1.165) is 11.1 Å². The van der Waals surface area contributed by atoms with Crippen LogP contribution in [0.25, 0.3) is 17.0 Å². The number of hydrogen-bond acceptors (Lipinski definition) is 2. The molecule has 2 N–H and O–H groups in total. The topological polar surface area (TPSA) is 38.9 Å². The zero-order valence-corrected chi connectivity index (χ0v) is 13.6. The summed E-state index contributed by atoms with van der Waals surface area (Å²) in [6.07, 6.45) is -4.46. The van der Waals surface area contributed by atoms with E-state index in [-0.39, 0.29) is 11.3 Å². The van der Waals surface area contributed by atoms with Gasteiger partial charge in [-0.25, -0.2) is 0 Å². The molecule has 2 aromatic rings. The number of pyridine rings is 1. The Morgan fingerprint density at radius 1 is 1.00 bits per heavy atom. The van der Waals surface area contributed by atoms with E-state index in [9.17, 15) is 13.2 Å². The van der Waals surface area contributed by atoms with Gasteiger partial charge in [0.1, 0.15) is 0 Å². The van der Waals surface area contributed by atoms with Crippen molar-refractivity contribution in [2.24, 2.45) is 5.73 Å². The monoisotopic (exact) mass is 320 g/mol.